The van der Waals surface area contributed by atoms with E-state index in [1.165, 1.54) is 0 Å². The summed E-state index contributed by atoms with van der Waals surface area (Å²) in [5, 5.41) is 0.630. The van der Waals surface area contributed by atoms with E-state index in [1.807, 2.05) is 87.8 Å². The molecule has 0 amide bonds. The van der Waals surface area contributed by atoms with E-state index in [0.29, 0.717) is 11.1 Å². The van der Waals surface area contributed by atoms with E-state index < -0.39 is 24.2 Å². The van der Waals surface area contributed by atoms with Gasteiger partial charge in [0.05, 0.1) is 11.6 Å². The molecule has 144 valence electrons. The second-order valence-corrected chi connectivity index (χ2v) is 20.0. The molecule has 0 fully saturated rings. The number of hydrogen-bond acceptors (Lipinski definition) is 4. The Morgan fingerprint density at radius 1 is 0.926 bits per heavy atom. The Hall–Kier alpha value is -1.44. The number of hydrogen-bond donors (Lipinski definition) is 0. The molecule has 2 aromatic rings. The van der Waals surface area contributed by atoms with Crippen molar-refractivity contribution >= 4 is 42.0 Å². The zero-order valence-corrected chi connectivity index (χ0v) is 19.7. The quantitative estimate of drug-likeness (QED) is 0.372. The molecule has 0 aliphatic heterocycles. The Kier molecular flexibility index (Phi) is 5.40. The Labute approximate surface area is 163 Å². The Bertz CT molecular complexity index is 912. The SMILES string of the molecule is C[Si](C)(C)OP(=O)(O[Si](C)(C)C)C1=Cc2ccccc2C1=Cc1ccco1. The van der Waals surface area contributed by atoms with Gasteiger partial charge in [0.2, 0.25) is 0 Å². The van der Waals surface area contributed by atoms with E-state index in [1.54, 1.807) is 6.26 Å². The molecule has 0 radical (unpaired) electrons. The van der Waals surface area contributed by atoms with Crippen LogP contribution >= 0.6 is 7.60 Å². The fourth-order valence-electron chi connectivity index (χ4n) is 2.96. The van der Waals surface area contributed by atoms with Crippen molar-refractivity contribution in [1.82, 2.24) is 0 Å². The van der Waals surface area contributed by atoms with Gasteiger partial charge in [-0.25, -0.2) is 0 Å². The molecule has 1 aromatic heterocycles. The first-order valence-electron chi connectivity index (χ1n) is 9.06. The topological polar surface area (TPSA) is 48.7 Å². The molecule has 4 nitrogen and oxygen atoms in total. The van der Waals surface area contributed by atoms with Crippen LogP contribution < -0.4 is 0 Å². The van der Waals surface area contributed by atoms with Crippen LogP contribution in [0.4, 0.5) is 0 Å². The number of rotatable bonds is 6. The Morgan fingerprint density at radius 3 is 2.11 bits per heavy atom. The molecule has 27 heavy (non-hydrogen) atoms. The van der Waals surface area contributed by atoms with E-state index in [9.17, 15) is 4.57 Å². The molecule has 1 aliphatic carbocycles. The van der Waals surface area contributed by atoms with Crippen LogP contribution in [-0.4, -0.2) is 16.6 Å². The van der Waals surface area contributed by atoms with Gasteiger partial charge >= 0.3 is 7.60 Å². The summed E-state index contributed by atoms with van der Waals surface area (Å²) in [5.41, 5.74) is 2.88. The van der Waals surface area contributed by atoms with Gasteiger partial charge in [0.25, 0.3) is 0 Å². The lowest BCUT2D eigenvalue weighted by atomic mass is 10.1. The predicted octanol–water partition coefficient (Wildman–Crippen LogP) is 7.07. The molecule has 0 spiro atoms. The third-order valence-electron chi connectivity index (χ3n) is 3.73. The normalized spacial score (nSPS) is 16.5. The molecule has 0 saturated carbocycles. The highest BCUT2D eigenvalue weighted by atomic mass is 31.2. The summed E-state index contributed by atoms with van der Waals surface area (Å²) in [5.74, 6) is 0.708. The second kappa shape index (κ2) is 7.19. The van der Waals surface area contributed by atoms with E-state index in [2.05, 4.69) is 0 Å². The van der Waals surface area contributed by atoms with Crippen molar-refractivity contribution in [3.63, 3.8) is 0 Å². The lowest BCUT2D eigenvalue weighted by Crippen LogP contribution is -2.30. The standard InChI is InChI=1S/C20H27O4PSi2/c1-26(2,3)23-25(21,24-27(4,5)6)20-14-16-10-7-8-12-18(16)19(20)15-17-11-9-13-22-17/h7-15H,1-6H3. The minimum Gasteiger partial charge on any atom is -0.465 e. The van der Waals surface area contributed by atoms with Gasteiger partial charge in [-0.1, -0.05) is 24.3 Å². The van der Waals surface area contributed by atoms with Crippen molar-refractivity contribution in [3.05, 3.63) is 64.9 Å². The minimum atomic E-state index is -3.49. The Balaban J connectivity index is 2.16. The number of fused-ring (bicyclic) bond motifs is 1. The first kappa shape index (κ1) is 20.3. The monoisotopic (exact) mass is 418 g/mol. The summed E-state index contributed by atoms with van der Waals surface area (Å²) >= 11 is 0. The summed E-state index contributed by atoms with van der Waals surface area (Å²) < 4.78 is 32.1. The maximum Gasteiger partial charge on any atom is 0.342 e. The highest BCUT2D eigenvalue weighted by Crippen LogP contribution is 2.66. The smallest absolute Gasteiger partial charge is 0.342 e. The highest BCUT2D eigenvalue weighted by molar-refractivity contribution is 7.62. The van der Waals surface area contributed by atoms with Gasteiger partial charge in [-0.2, -0.15) is 0 Å². The van der Waals surface area contributed by atoms with Crippen LogP contribution in [0.1, 0.15) is 16.9 Å². The van der Waals surface area contributed by atoms with Gasteiger partial charge in [-0.3, -0.25) is 4.57 Å². The van der Waals surface area contributed by atoms with Crippen LogP contribution in [0.3, 0.4) is 0 Å². The van der Waals surface area contributed by atoms with Gasteiger partial charge in [0.1, 0.15) is 5.76 Å². The van der Waals surface area contributed by atoms with E-state index in [-0.39, 0.29) is 0 Å². The molecule has 1 aliphatic rings. The number of furan rings is 1. The maximum absolute atomic E-state index is 14.1. The van der Waals surface area contributed by atoms with Gasteiger partial charge in [-0.05, 0) is 74.7 Å². The third kappa shape index (κ3) is 4.89. The first-order valence-corrected chi connectivity index (χ1v) is 17.4. The number of allylic oxidation sites excluding steroid dienone is 2. The van der Waals surface area contributed by atoms with Crippen LogP contribution in [0, 0.1) is 0 Å². The van der Waals surface area contributed by atoms with E-state index in [0.717, 1.165) is 16.7 Å². The molecule has 1 aromatic carbocycles. The van der Waals surface area contributed by atoms with Gasteiger partial charge < -0.3 is 12.8 Å². The zero-order valence-electron chi connectivity index (χ0n) is 16.8. The molecule has 0 saturated heterocycles. The van der Waals surface area contributed by atoms with E-state index in [4.69, 9.17) is 12.8 Å². The van der Waals surface area contributed by atoms with Crippen LogP contribution in [0.5, 0.6) is 0 Å². The van der Waals surface area contributed by atoms with Crippen LogP contribution in [0.25, 0.3) is 17.7 Å². The average Bonchev–Trinajstić information content (AvgIpc) is 3.12. The van der Waals surface area contributed by atoms with Crippen molar-refractivity contribution in [2.45, 2.75) is 39.3 Å². The van der Waals surface area contributed by atoms with E-state index >= 15 is 0 Å². The van der Waals surface area contributed by atoms with Crippen molar-refractivity contribution in [2.24, 2.45) is 0 Å². The van der Waals surface area contributed by atoms with Gasteiger partial charge in [0.15, 0.2) is 16.6 Å². The first-order chi connectivity index (χ1) is 12.5. The van der Waals surface area contributed by atoms with Crippen LogP contribution in [-0.2, 0) is 13.0 Å². The van der Waals surface area contributed by atoms with Crippen LogP contribution in [0.2, 0.25) is 39.3 Å². The highest BCUT2D eigenvalue weighted by Gasteiger charge is 2.43. The second-order valence-electron chi connectivity index (χ2n) is 8.60. The predicted molar refractivity (Wildman–Crippen MR) is 117 cm³/mol. The van der Waals surface area contributed by atoms with Crippen molar-refractivity contribution in [1.29, 1.82) is 0 Å². The lowest BCUT2D eigenvalue weighted by molar-refractivity contribution is 0.393. The fourth-order valence-corrected chi connectivity index (χ4v) is 10.8. The minimum absolute atomic E-state index is 0.630. The molecule has 3 rings (SSSR count). The molecule has 0 unspecified atom stereocenters. The summed E-state index contributed by atoms with van der Waals surface area (Å²) in [6, 6.07) is 11.7. The zero-order chi connectivity index (χ0) is 19.9. The lowest BCUT2D eigenvalue weighted by Gasteiger charge is -2.32. The summed E-state index contributed by atoms with van der Waals surface area (Å²) in [7, 11) is -7.75. The molecular formula is C20H27O4PSi2. The molecule has 1 heterocycles. The van der Waals surface area contributed by atoms with Crippen molar-refractivity contribution in [2.75, 3.05) is 0 Å². The summed E-state index contributed by atoms with van der Waals surface area (Å²) in [6.07, 6.45) is 5.50. The van der Waals surface area contributed by atoms with Gasteiger partial charge in [0, 0.05) is 5.57 Å². The van der Waals surface area contributed by atoms with Crippen LogP contribution in [0.15, 0.2) is 52.4 Å². The molecule has 0 bridgehead atoms. The fraction of sp³-hybridized carbons (Fsp3) is 0.300. The summed E-state index contributed by atoms with van der Waals surface area (Å²) in [6.45, 7) is 12.2. The number of benzene rings is 1. The maximum atomic E-state index is 14.1. The molecule has 7 heteroatoms. The van der Waals surface area contributed by atoms with Crippen molar-refractivity contribution in [3.8, 4) is 0 Å². The summed E-state index contributed by atoms with van der Waals surface area (Å²) in [4.78, 5) is 0. The Morgan fingerprint density at radius 2 is 1.56 bits per heavy atom. The van der Waals surface area contributed by atoms with Gasteiger partial charge in [-0.15, -0.1) is 0 Å². The molecular weight excluding hydrogens is 391 g/mol. The third-order valence-corrected chi connectivity index (χ3v) is 11.0. The molecule has 0 atom stereocenters. The van der Waals surface area contributed by atoms with Crippen molar-refractivity contribution < 1.29 is 17.4 Å². The average molecular weight is 419 g/mol. The largest absolute Gasteiger partial charge is 0.465 e. The molecule has 0 N–H and O–H groups in total.